The zero-order valence-corrected chi connectivity index (χ0v) is 15.3. The number of benzene rings is 2. The molecule has 0 unspecified atom stereocenters. The molecule has 2 aromatic rings. The second-order valence-electron chi connectivity index (χ2n) is 4.74. The second kappa shape index (κ2) is 7.44. The Bertz CT molecular complexity index is 823. The lowest BCUT2D eigenvalue weighted by Crippen LogP contribution is -2.33. The smallest absolute Gasteiger partial charge is 0.241 e. The molecule has 0 saturated heterocycles. The van der Waals surface area contributed by atoms with Crippen molar-refractivity contribution in [2.24, 2.45) is 0 Å². The summed E-state index contributed by atoms with van der Waals surface area (Å²) in [5, 5.41) is 3.15. The van der Waals surface area contributed by atoms with Crippen molar-refractivity contribution < 1.29 is 13.2 Å². The van der Waals surface area contributed by atoms with Gasteiger partial charge in [-0.15, -0.1) is 0 Å². The Hall–Kier alpha value is -1.41. The van der Waals surface area contributed by atoms with Gasteiger partial charge in [-0.1, -0.05) is 33.6 Å². The summed E-state index contributed by atoms with van der Waals surface area (Å²) in [4.78, 5) is 12.0. The van der Waals surface area contributed by atoms with Crippen LogP contribution in [0.5, 0.6) is 0 Å². The van der Waals surface area contributed by atoms with E-state index in [2.05, 4.69) is 26.0 Å². The highest BCUT2D eigenvalue weighted by Gasteiger charge is 2.15. The van der Waals surface area contributed by atoms with Crippen molar-refractivity contribution in [2.75, 3.05) is 11.9 Å². The van der Waals surface area contributed by atoms with Gasteiger partial charge in [-0.25, -0.2) is 13.1 Å². The van der Waals surface area contributed by atoms with Crippen LogP contribution in [-0.4, -0.2) is 20.9 Å². The standard InChI is InChI=1S/C15H14BrClN2O3S/c1-10-13(17)3-2-4-14(10)19-15(20)9-18-23(21,22)12-7-5-11(16)6-8-12/h2-8,18H,9H2,1H3,(H,19,20). The highest BCUT2D eigenvalue weighted by Crippen LogP contribution is 2.22. The molecule has 122 valence electrons. The summed E-state index contributed by atoms with van der Waals surface area (Å²) in [5.74, 6) is -0.476. The van der Waals surface area contributed by atoms with Gasteiger partial charge in [0.05, 0.1) is 11.4 Å². The van der Waals surface area contributed by atoms with Gasteiger partial charge < -0.3 is 5.32 Å². The highest BCUT2D eigenvalue weighted by atomic mass is 79.9. The lowest BCUT2D eigenvalue weighted by molar-refractivity contribution is -0.115. The van der Waals surface area contributed by atoms with Crippen LogP contribution in [0.15, 0.2) is 51.8 Å². The Labute approximate surface area is 148 Å². The van der Waals surface area contributed by atoms with Gasteiger partial charge >= 0.3 is 0 Å². The van der Waals surface area contributed by atoms with Crippen molar-refractivity contribution in [3.8, 4) is 0 Å². The van der Waals surface area contributed by atoms with Gasteiger partial charge in [-0.2, -0.15) is 0 Å². The SMILES string of the molecule is Cc1c(Cl)cccc1NC(=O)CNS(=O)(=O)c1ccc(Br)cc1. The number of carbonyl (C=O) groups excluding carboxylic acids is 1. The second-order valence-corrected chi connectivity index (χ2v) is 7.83. The molecule has 2 rings (SSSR count). The Kier molecular flexibility index (Phi) is 5.80. The maximum atomic E-state index is 12.1. The van der Waals surface area contributed by atoms with E-state index in [-0.39, 0.29) is 11.4 Å². The molecule has 2 aromatic carbocycles. The molecule has 0 saturated carbocycles. The van der Waals surface area contributed by atoms with E-state index in [1.54, 1.807) is 37.3 Å². The summed E-state index contributed by atoms with van der Waals surface area (Å²) in [5.41, 5.74) is 1.27. The van der Waals surface area contributed by atoms with Crippen LogP contribution in [0.2, 0.25) is 5.02 Å². The summed E-state index contributed by atoms with van der Waals surface area (Å²) < 4.78 is 27.2. The van der Waals surface area contributed by atoms with E-state index >= 15 is 0 Å². The molecule has 0 heterocycles. The van der Waals surface area contributed by atoms with E-state index in [0.717, 1.165) is 10.0 Å². The fraction of sp³-hybridized carbons (Fsp3) is 0.133. The zero-order valence-electron chi connectivity index (χ0n) is 12.1. The van der Waals surface area contributed by atoms with Crippen LogP contribution >= 0.6 is 27.5 Å². The van der Waals surface area contributed by atoms with E-state index in [0.29, 0.717) is 10.7 Å². The Morgan fingerprint density at radius 2 is 1.83 bits per heavy atom. The van der Waals surface area contributed by atoms with Crippen LogP contribution in [-0.2, 0) is 14.8 Å². The van der Waals surface area contributed by atoms with E-state index in [9.17, 15) is 13.2 Å². The Balaban J connectivity index is 2.01. The van der Waals surface area contributed by atoms with Crippen LogP contribution in [0.4, 0.5) is 5.69 Å². The molecule has 1 amide bonds. The quantitative estimate of drug-likeness (QED) is 0.783. The maximum absolute atomic E-state index is 12.1. The number of hydrogen-bond acceptors (Lipinski definition) is 3. The molecule has 2 N–H and O–H groups in total. The largest absolute Gasteiger partial charge is 0.325 e. The molecule has 0 spiro atoms. The molecule has 8 heteroatoms. The Morgan fingerprint density at radius 1 is 1.17 bits per heavy atom. The molecule has 5 nitrogen and oxygen atoms in total. The first-order valence-electron chi connectivity index (χ1n) is 6.60. The predicted octanol–water partition coefficient (Wildman–Crippen LogP) is 3.33. The van der Waals surface area contributed by atoms with Crippen molar-refractivity contribution >= 4 is 49.1 Å². The lowest BCUT2D eigenvalue weighted by Gasteiger charge is -2.10. The summed E-state index contributed by atoms with van der Waals surface area (Å²) in [6.45, 7) is 1.40. The van der Waals surface area contributed by atoms with Crippen molar-refractivity contribution in [3.05, 3.63) is 57.5 Å². The van der Waals surface area contributed by atoms with E-state index < -0.39 is 15.9 Å². The van der Waals surface area contributed by atoms with E-state index in [4.69, 9.17) is 11.6 Å². The van der Waals surface area contributed by atoms with E-state index in [1.165, 1.54) is 12.1 Å². The molecule has 0 aliphatic rings. The van der Waals surface area contributed by atoms with Crippen LogP contribution in [0.3, 0.4) is 0 Å². The van der Waals surface area contributed by atoms with Gasteiger partial charge in [-0.05, 0) is 48.9 Å². The number of amides is 1. The normalized spacial score (nSPS) is 11.3. The monoisotopic (exact) mass is 416 g/mol. The molecular weight excluding hydrogens is 404 g/mol. The summed E-state index contributed by atoms with van der Waals surface area (Å²) in [6.07, 6.45) is 0. The van der Waals surface area contributed by atoms with Crippen molar-refractivity contribution in [1.29, 1.82) is 0 Å². The third-order valence-electron chi connectivity index (χ3n) is 3.09. The number of nitrogens with one attached hydrogen (secondary N) is 2. The third-order valence-corrected chi connectivity index (χ3v) is 5.44. The number of carbonyl (C=O) groups is 1. The van der Waals surface area contributed by atoms with Gasteiger partial charge in [0.2, 0.25) is 15.9 Å². The molecule has 0 aromatic heterocycles. The Morgan fingerprint density at radius 3 is 2.48 bits per heavy atom. The number of hydrogen-bond donors (Lipinski definition) is 2. The first-order valence-corrected chi connectivity index (χ1v) is 9.25. The minimum Gasteiger partial charge on any atom is -0.325 e. The van der Waals surface area contributed by atoms with Gasteiger partial charge in [0.15, 0.2) is 0 Å². The van der Waals surface area contributed by atoms with Crippen LogP contribution in [0, 0.1) is 6.92 Å². The minimum absolute atomic E-state index is 0.0902. The number of halogens is 2. The summed E-state index contributed by atoms with van der Waals surface area (Å²) in [7, 11) is -3.74. The number of rotatable bonds is 5. The van der Waals surface area contributed by atoms with Crippen LogP contribution in [0.1, 0.15) is 5.56 Å². The summed E-state index contributed by atoms with van der Waals surface area (Å²) in [6, 6.07) is 11.2. The molecule has 0 bridgehead atoms. The first-order chi connectivity index (χ1) is 10.8. The topological polar surface area (TPSA) is 75.3 Å². The lowest BCUT2D eigenvalue weighted by atomic mass is 10.2. The minimum atomic E-state index is -3.74. The highest BCUT2D eigenvalue weighted by molar-refractivity contribution is 9.10. The van der Waals surface area contributed by atoms with Crippen molar-refractivity contribution in [2.45, 2.75) is 11.8 Å². The maximum Gasteiger partial charge on any atom is 0.241 e. The average Bonchev–Trinajstić information content (AvgIpc) is 2.50. The van der Waals surface area contributed by atoms with Crippen molar-refractivity contribution in [3.63, 3.8) is 0 Å². The van der Waals surface area contributed by atoms with Crippen LogP contribution < -0.4 is 10.0 Å². The predicted molar refractivity (Wildman–Crippen MR) is 94.1 cm³/mol. The molecule has 0 fully saturated rings. The number of sulfonamides is 1. The molecule has 23 heavy (non-hydrogen) atoms. The molecular formula is C15H14BrClN2O3S. The fourth-order valence-corrected chi connectivity index (χ4v) is 3.22. The van der Waals surface area contributed by atoms with Gasteiger partial charge in [0.25, 0.3) is 0 Å². The fourth-order valence-electron chi connectivity index (χ4n) is 1.79. The first kappa shape index (κ1) is 17.9. The number of anilines is 1. The van der Waals surface area contributed by atoms with Gasteiger partial charge in [-0.3, -0.25) is 4.79 Å². The molecule has 0 radical (unpaired) electrons. The van der Waals surface area contributed by atoms with Gasteiger partial charge in [0, 0.05) is 15.2 Å². The van der Waals surface area contributed by atoms with Crippen LogP contribution in [0.25, 0.3) is 0 Å². The third kappa shape index (κ3) is 4.78. The average molecular weight is 418 g/mol. The van der Waals surface area contributed by atoms with Crippen molar-refractivity contribution in [1.82, 2.24) is 4.72 Å². The van der Waals surface area contributed by atoms with E-state index in [1.807, 2.05) is 0 Å². The molecule has 0 aliphatic carbocycles. The zero-order chi connectivity index (χ0) is 17.0. The molecule has 0 aliphatic heterocycles. The summed E-state index contributed by atoms with van der Waals surface area (Å²) >= 11 is 9.21. The van der Waals surface area contributed by atoms with Gasteiger partial charge in [0.1, 0.15) is 0 Å². The molecule has 0 atom stereocenters.